The van der Waals surface area contributed by atoms with Crippen molar-refractivity contribution in [2.45, 2.75) is 51.2 Å². The fraction of sp³-hybridized carbons (Fsp3) is 0.633. The van der Waals surface area contributed by atoms with E-state index >= 15 is 0 Å². The van der Waals surface area contributed by atoms with Gasteiger partial charge in [0.05, 0.1) is 0 Å². The summed E-state index contributed by atoms with van der Waals surface area (Å²) in [7, 11) is 2.19. The van der Waals surface area contributed by atoms with Crippen LogP contribution in [0.25, 0.3) is 0 Å². The molecule has 0 bridgehead atoms. The van der Waals surface area contributed by atoms with E-state index in [1.54, 1.807) is 4.90 Å². The van der Waals surface area contributed by atoms with E-state index in [0.29, 0.717) is 32.1 Å². The lowest BCUT2D eigenvalue weighted by Crippen LogP contribution is -2.52. The fourth-order valence-electron chi connectivity index (χ4n) is 6.14. The molecule has 3 aliphatic heterocycles. The van der Waals surface area contributed by atoms with Gasteiger partial charge in [-0.25, -0.2) is 9.78 Å². The number of urea groups is 1. The third-order valence-corrected chi connectivity index (χ3v) is 8.76. The average molecular weight is 604 g/mol. The van der Waals surface area contributed by atoms with E-state index in [0.717, 1.165) is 88.1 Å². The third-order valence-electron chi connectivity index (χ3n) is 8.76. The number of piperazine rings is 1. The molecule has 5 rings (SSSR count). The summed E-state index contributed by atoms with van der Waals surface area (Å²) < 4.78 is 41.2. The van der Waals surface area contributed by atoms with Gasteiger partial charge >= 0.3 is 12.2 Å². The Bertz CT molecular complexity index is 1230. The second-order valence-electron chi connectivity index (χ2n) is 11.7. The van der Waals surface area contributed by atoms with Gasteiger partial charge in [-0.05, 0) is 62.9 Å². The number of hydrogen-bond donors (Lipinski definition) is 3. The molecule has 0 unspecified atom stereocenters. The molecule has 0 saturated carbocycles. The Morgan fingerprint density at radius 3 is 2.53 bits per heavy atom. The number of hydrogen-bond acceptors (Lipinski definition) is 8. The highest BCUT2D eigenvalue weighted by atomic mass is 19.4. The minimum Gasteiger partial charge on any atom is -0.371 e. The molecule has 1 aromatic carbocycles. The van der Waals surface area contributed by atoms with E-state index in [2.05, 4.69) is 66.7 Å². The van der Waals surface area contributed by atoms with Crippen LogP contribution in [0.1, 0.15) is 43.7 Å². The lowest BCUT2D eigenvalue weighted by molar-refractivity contribution is -0.137. The number of alkyl halides is 3. The van der Waals surface area contributed by atoms with Crippen molar-refractivity contribution in [1.82, 2.24) is 30.0 Å². The van der Waals surface area contributed by atoms with Crippen LogP contribution in [0.2, 0.25) is 0 Å². The normalized spacial score (nSPS) is 19.4. The lowest BCUT2D eigenvalue weighted by atomic mass is 10.0. The topological polar surface area (TPSA) is 91.9 Å². The molecule has 0 radical (unpaired) electrons. The van der Waals surface area contributed by atoms with Gasteiger partial charge in [-0.3, -0.25) is 4.90 Å². The molecule has 0 spiro atoms. The first-order valence-corrected chi connectivity index (χ1v) is 15.5. The maximum Gasteiger partial charge on any atom is 0.421 e. The number of carbonyl (C=O) groups is 1. The zero-order valence-electron chi connectivity index (χ0n) is 25.2. The standard InChI is InChI=1S/C30H44F3N9O/c1-3-22-20-24(40-14-8-23(9-15-40)41-18-16-39(2)17-19-41)6-7-26(22)37-28-36-21-25(30(31,32)33)27(38-28)34-10-4-12-42-13-5-11-35-29(42)43/h6-7,20-21,23H,3-5,8-19H2,1-2H3,(H,35,43)(H2,34,36,37,38). The van der Waals surface area contributed by atoms with Crippen LogP contribution in [0.3, 0.4) is 0 Å². The van der Waals surface area contributed by atoms with Gasteiger partial charge in [-0.1, -0.05) is 6.92 Å². The van der Waals surface area contributed by atoms with Crippen LogP contribution in [0.4, 0.5) is 41.1 Å². The fourth-order valence-corrected chi connectivity index (χ4v) is 6.14. The number of aryl methyl sites for hydroxylation is 1. The molecule has 4 heterocycles. The molecule has 10 nitrogen and oxygen atoms in total. The molecule has 2 aromatic rings. The molecule has 236 valence electrons. The number of carbonyl (C=O) groups excluding carboxylic acids is 1. The Labute approximate surface area is 252 Å². The van der Waals surface area contributed by atoms with E-state index in [1.807, 2.05) is 6.07 Å². The summed E-state index contributed by atoms with van der Waals surface area (Å²) in [6, 6.07) is 6.71. The van der Waals surface area contributed by atoms with Crippen molar-refractivity contribution in [2.24, 2.45) is 0 Å². The highest BCUT2D eigenvalue weighted by Gasteiger charge is 2.35. The van der Waals surface area contributed by atoms with Gasteiger partial charge in [0.15, 0.2) is 0 Å². The van der Waals surface area contributed by atoms with Gasteiger partial charge in [-0.15, -0.1) is 0 Å². The smallest absolute Gasteiger partial charge is 0.371 e. The number of halogens is 3. The number of anilines is 4. The SMILES string of the molecule is CCc1cc(N2CCC(N3CCN(C)CC3)CC2)ccc1Nc1ncc(C(F)(F)F)c(NCCCN2CCCNC2=O)n1. The summed E-state index contributed by atoms with van der Waals surface area (Å²) >= 11 is 0. The molecule has 3 N–H and O–H groups in total. The second kappa shape index (κ2) is 14.0. The van der Waals surface area contributed by atoms with Crippen LogP contribution >= 0.6 is 0 Å². The number of piperidine rings is 1. The Balaban J connectivity index is 1.21. The van der Waals surface area contributed by atoms with Crippen molar-refractivity contribution >= 4 is 29.2 Å². The Kier molecular flexibility index (Phi) is 10.1. The minimum atomic E-state index is -4.60. The van der Waals surface area contributed by atoms with E-state index < -0.39 is 11.7 Å². The monoisotopic (exact) mass is 603 g/mol. The van der Waals surface area contributed by atoms with Gasteiger partial charge in [-0.2, -0.15) is 18.2 Å². The number of nitrogens with zero attached hydrogens (tertiary/aromatic N) is 6. The zero-order valence-corrected chi connectivity index (χ0v) is 25.2. The molecule has 3 fully saturated rings. The Morgan fingerprint density at radius 1 is 1.07 bits per heavy atom. The van der Waals surface area contributed by atoms with E-state index in [1.165, 1.54) is 0 Å². The predicted octanol–water partition coefficient (Wildman–Crippen LogP) is 4.23. The molecule has 3 aliphatic rings. The molecule has 2 amide bonds. The molecular weight excluding hydrogens is 559 g/mol. The van der Waals surface area contributed by atoms with Crippen LogP contribution in [0.5, 0.6) is 0 Å². The van der Waals surface area contributed by atoms with Crippen LogP contribution in [0, 0.1) is 0 Å². The van der Waals surface area contributed by atoms with Crippen molar-refractivity contribution in [1.29, 1.82) is 0 Å². The van der Waals surface area contributed by atoms with Gasteiger partial charge in [0.25, 0.3) is 0 Å². The maximum atomic E-state index is 13.7. The lowest BCUT2D eigenvalue weighted by Gasteiger charge is -2.42. The molecule has 0 atom stereocenters. The van der Waals surface area contributed by atoms with E-state index in [4.69, 9.17) is 0 Å². The molecule has 13 heteroatoms. The number of nitrogens with one attached hydrogen (secondary N) is 3. The first-order valence-electron chi connectivity index (χ1n) is 15.5. The summed E-state index contributed by atoms with van der Waals surface area (Å²) in [5.41, 5.74) is 2.08. The first kappa shape index (κ1) is 31.1. The quantitative estimate of drug-likeness (QED) is 0.348. The van der Waals surface area contributed by atoms with Crippen molar-refractivity contribution in [3.8, 4) is 0 Å². The van der Waals surface area contributed by atoms with Crippen LogP contribution in [-0.2, 0) is 12.6 Å². The predicted molar refractivity (Wildman–Crippen MR) is 163 cm³/mol. The summed E-state index contributed by atoms with van der Waals surface area (Å²) in [6.07, 6.45) is 0.614. The number of rotatable bonds is 10. The minimum absolute atomic E-state index is 0.0985. The molecular formula is C30H44F3N9O. The van der Waals surface area contributed by atoms with Gasteiger partial charge in [0.1, 0.15) is 11.4 Å². The third kappa shape index (κ3) is 7.99. The Hall–Kier alpha value is -3.32. The van der Waals surface area contributed by atoms with Crippen LogP contribution in [-0.4, -0.2) is 109 Å². The summed E-state index contributed by atoms with van der Waals surface area (Å²) in [5.74, 6) is -0.174. The summed E-state index contributed by atoms with van der Waals surface area (Å²) in [4.78, 5) is 29.3. The molecule has 0 aliphatic carbocycles. The molecule has 1 aromatic heterocycles. The van der Waals surface area contributed by atoms with Gasteiger partial charge < -0.3 is 30.7 Å². The summed E-state index contributed by atoms with van der Waals surface area (Å²) in [5, 5.41) is 8.76. The summed E-state index contributed by atoms with van der Waals surface area (Å²) in [6.45, 7) is 10.6. The molecule has 43 heavy (non-hydrogen) atoms. The second-order valence-corrected chi connectivity index (χ2v) is 11.7. The van der Waals surface area contributed by atoms with Crippen molar-refractivity contribution in [3.63, 3.8) is 0 Å². The molecule has 3 saturated heterocycles. The van der Waals surface area contributed by atoms with Crippen molar-refractivity contribution in [3.05, 3.63) is 35.5 Å². The zero-order chi connectivity index (χ0) is 30.4. The number of likely N-dealkylation sites (N-methyl/N-ethyl adjacent to an activating group) is 1. The average Bonchev–Trinajstić information content (AvgIpc) is 3.00. The van der Waals surface area contributed by atoms with Gasteiger partial charge in [0, 0.05) is 89.1 Å². The van der Waals surface area contributed by atoms with Crippen molar-refractivity contribution in [2.75, 3.05) is 88.0 Å². The van der Waals surface area contributed by atoms with Crippen LogP contribution < -0.4 is 20.9 Å². The number of benzene rings is 1. The number of amides is 2. The number of aromatic nitrogens is 2. The van der Waals surface area contributed by atoms with E-state index in [-0.39, 0.29) is 24.3 Å². The Morgan fingerprint density at radius 2 is 1.84 bits per heavy atom. The van der Waals surface area contributed by atoms with Gasteiger partial charge in [0.2, 0.25) is 5.95 Å². The van der Waals surface area contributed by atoms with Crippen molar-refractivity contribution < 1.29 is 18.0 Å². The van der Waals surface area contributed by atoms with E-state index in [9.17, 15) is 18.0 Å². The largest absolute Gasteiger partial charge is 0.421 e. The highest BCUT2D eigenvalue weighted by molar-refractivity contribution is 5.74. The highest BCUT2D eigenvalue weighted by Crippen LogP contribution is 2.35. The first-order chi connectivity index (χ1) is 20.7. The van der Waals surface area contributed by atoms with Crippen LogP contribution in [0.15, 0.2) is 24.4 Å². The maximum absolute atomic E-state index is 13.7.